The maximum atomic E-state index is 13.1. The molecule has 1 N–H and O–H groups in total. The van der Waals surface area contributed by atoms with Gasteiger partial charge in [0.25, 0.3) is 5.56 Å². The summed E-state index contributed by atoms with van der Waals surface area (Å²) in [6, 6.07) is 4.00. The predicted molar refractivity (Wildman–Crippen MR) is 107 cm³/mol. The highest BCUT2D eigenvalue weighted by molar-refractivity contribution is 8.00. The highest BCUT2D eigenvalue weighted by Crippen LogP contribution is 2.35. The predicted octanol–water partition coefficient (Wildman–Crippen LogP) is 3.82. The van der Waals surface area contributed by atoms with Gasteiger partial charge < -0.3 is 5.32 Å². The number of hydrogen-bond acceptors (Lipinski definition) is 6. The highest BCUT2D eigenvalue weighted by atomic mass is 32.2. The number of hydrogen-bond donors (Lipinski definition) is 1. The van der Waals surface area contributed by atoms with Gasteiger partial charge in [-0.15, -0.1) is 22.7 Å². The van der Waals surface area contributed by atoms with Crippen LogP contribution in [-0.2, 0) is 11.3 Å². The van der Waals surface area contributed by atoms with Crippen molar-refractivity contribution in [1.82, 2.24) is 14.9 Å². The molecule has 0 aromatic carbocycles. The van der Waals surface area contributed by atoms with Crippen molar-refractivity contribution in [1.29, 1.82) is 0 Å². The third kappa shape index (κ3) is 3.51. The average molecular weight is 394 g/mol. The summed E-state index contributed by atoms with van der Waals surface area (Å²) in [6.45, 7) is 6.75. The summed E-state index contributed by atoms with van der Waals surface area (Å²) >= 11 is 4.42. The molecule has 0 radical (unpaired) electrons. The van der Waals surface area contributed by atoms with E-state index >= 15 is 0 Å². The normalized spacial score (nSPS) is 12.4. The minimum absolute atomic E-state index is 0.0391. The number of rotatable bonds is 6. The average Bonchev–Trinajstić information content (AvgIpc) is 3.24. The molecule has 0 saturated heterocycles. The summed E-state index contributed by atoms with van der Waals surface area (Å²) in [5.74, 6) is -0.0463. The van der Waals surface area contributed by atoms with E-state index in [-0.39, 0.29) is 16.7 Å². The van der Waals surface area contributed by atoms with E-state index in [9.17, 15) is 9.59 Å². The molecule has 132 valence electrons. The van der Waals surface area contributed by atoms with E-state index in [1.54, 1.807) is 15.9 Å². The van der Waals surface area contributed by atoms with Gasteiger partial charge in [-0.2, -0.15) is 0 Å². The molecule has 0 spiro atoms. The van der Waals surface area contributed by atoms with Gasteiger partial charge in [0, 0.05) is 28.9 Å². The molecule has 1 amide bonds. The van der Waals surface area contributed by atoms with E-state index in [0.717, 1.165) is 15.3 Å². The Hall–Kier alpha value is -1.64. The fourth-order valence-corrected chi connectivity index (χ4v) is 5.32. The summed E-state index contributed by atoms with van der Waals surface area (Å²) in [5.41, 5.74) is 0.908. The van der Waals surface area contributed by atoms with Crippen LogP contribution in [0, 0.1) is 0 Å². The quantitative estimate of drug-likeness (QED) is 0.511. The number of aromatic nitrogens is 2. The molecule has 0 unspecified atom stereocenters. The first-order chi connectivity index (χ1) is 12.1. The second-order valence-electron chi connectivity index (χ2n) is 5.41. The Morgan fingerprint density at radius 3 is 2.84 bits per heavy atom. The van der Waals surface area contributed by atoms with Crippen LogP contribution in [0.15, 0.2) is 32.8 Å². The third-order valence-electron chi connectivity index (χ3n) is 3.76. The Morgan fingerprint density at radius 1 is 1.40 bits per heavy atom. The monoisotopic (exact) mass is 393 g/mol. The summed E-state index contributed by atoms with van der Waals surface area (Å²) in [4.78, 5) is 31.6. The minimum atomic E-state index is -0.307. The van der Waals surface area contributed by atoms with E-state index in [4.69, 9.17) is 0 Å². The van der Waals surface area contributed by atoms with Gasteiger partial charge in [0.1, 0.15) is 4.83 Å². The zero-order valence-corrected chi connectivity index (χ0v) is 16.7. The maximum Gasteiger partial charge on any atom is 0.263 e. The topological polar surface area (TPSA) is 64.0 Å². The van der Waals surface area contributed by atoms with Crippen molar-refractivity contribution in [2.45, 2.75) is 37.7 Å². The maximum absolute atomic E-state index is 13.1. The van der Waals surface area contributed by atoms with E-state index in [2.05, 4.69) is 10.3 Å². The van der Waals surface area contributed by atoms with Crippen LogP contribution < -0.4 is 10.9 Å². The molecule has 3 heterocycles. The molecule has 1 atom stereocenters. The molecule has 3 rings (SSSR count). The molecule has 0 aliphatic rings. The summed E-state index contributed by atoms with van der Waals surface area (Å²) in [7, 11) is 0. The molecule has 0 aliphatic carbocycles. The SMILES string of the molecule is CCNC(=O)[C@@H](C)Sc1nc2scc(-c3cccs3)c2c(=O)n1CC. The van der Waals surface area contributed by atoms with Crippen molar-refractivity contribution in [3.8, 4) is 10.4 Å². The number of thiophene rings is 2. The smallest absolute Gasteiger partial charge is 0.263 e. The van der Waals surface area contributed by atoms with Crippen molar-refractivity contribution in [2.75, 3.05) is 6.54 Å². The lowest BCUT2D eigenvalue weighted by molar-refractivity contribution is -0.120. The lowest BCUT2D eigenvalue weighted by Crippen LogP contribution is -2.31. The zero-order chi connectivity index (χ0) is 18.0. The molecule has 8 heteroatoms. The Bertz CT molecular complexity index is 944. The Labute approximate surface area is 158 Å². The molecular weight excluding hydrogens is 374 g/mol. The van der Waals surface area contributed by atoms with Crippen molar-refractivity contribution >= 4 is 50.6 Å². The second-order valence-corrected chi connectivity index (χ2v) is 8.52. The van der Waals surface area contributed by atoms with Gasteiger partial charge in [0.15, 0.2) is 5.16 Å². The molecular formula is C17H19N3O2S3. The summed E-state index contributed by atoms with van der Waals surface area (Å²) in [5, 5.41) is 7.76. The first kappa shape index (κ1) is 18.2. The lowest BCUT2D eigenvalue weighted by atomic mass is 10.2. The Morgan fingerprint density at radius 2 is 2.20 bits per heavy atom. The van der Waals surface area contributed by atoms with Gasteiger partial charge in [0.05, 0.1) is 10.6 Å². The lowest BCUT2D eigenvalue weighted by Gasteiger charge is -2.14. The Kier molecular flexibility index (Phi) is 5.61. The van der Waals surface area contributed by atoms with Crippen molar-refractivity contribution in [2.24, 2.45) is 0 Å². The zero-order valence-electron chi connectivity index (χ0n) is 14.2. The molecule has 5 nitrogen and oxygen atoms in total. The van der Waals surface area contributed by atoms with E-state index in [1.807, 2.05) is 43.7 Å². The van der Waals surface area contributed by atoms with Crippen LogP contribution in [0.1, 0.15) is 20.8 Å². The molecule has 3 aromatic heterocycles. The van der Waals surface area contributed by atoms with Crippen LogP contribution in [0.4, 0.5) is 0 Å². The fourth-order valence-electron chi connectivity index (χ4n) is 2.52. The first-order valence-electron chi connectivity index (χ1n) is 8.07. The van der Waals surface area contributed by atoms with Crippen LogP contribution in [0.2, 0.25) is 0 Å². The van der Waals surface area contributed by atoms with Crippen molar-refractivity contribution < 1.29 is 4.79 Å². The first-order valence-corrected chi connectivity index (χ1v) is 10.7. The van der Waals surface area contributed by atoms with Crippen molar-refractivity contribution in [3.63, 3.8) is 0 Å². The number of thioether (sulfide) groups is 1. The molecule has 3 aromatic rings. The summed E-state index contributed by atoms with van der Waals surface area (Å²) < 4.78 is 1.66. The van der Waals surface area contributed by atoms with Gasteiger partial charge in [-0.25, -0.2) is 4.98 Å². The number of nitrogens with zero attached hydrogens (tertiary/aromatic N) is 2. The van der Waals surface area contributed by atoms with E-state index < -0.39 is 0 Å². The third-order valence-corrected chi connectivity index (χ3v) is 6.63. The van der Waals surface area contributed by atoms with Gasteiger partial charge in [-0.05, 0) is 32.2 Å². The minimum Gasteiger partial charge on any atom is -0.355 e. The standard InChI is InChI=1S/C17H19N3O2S3/c1-4-18-14(21)10(3)25-17-19-15-13(16(22)20(17)5-2)11(9-24-15)12-7-6-8-23-12/h6-10H,4-5H2,1-3H3,(H,18,21)/t10-/m1/s1. The second kappa shape index (κ2) is 7.72. The molecule has 25 heavy (non-hydrogen) atoms. The molecule has 0 fully saturated rings. The number of carbonyl (C=O) groups excluding carboxylic acids is 1. The Balaban J connectivity index is 2.07. The van der Waals surface area contributed by atoms with E-state index in [0.29, 0.717) is 23.6 Å². The van der Waals surface area contributed by atoms with Crippen LogP contribution >= 0.6 is 34.4 Å². The van der Waals surface area contributed by atoms with Crippen molar-refractivity contribution in [3.05, 3.63) is 33.2 Å². The molecule has 0 aliphatic heterocycles. The van der Waals surface area contributed by atoms with Crippen LogP contribution in [0.25, 0.3) is 20.7 Å². The molecule has 0 saturated carbocycles. The van der Waals surface area contributed by atoms with Gasteiger partial charge in [0.2, 0.25) is 5.91 Å². The highest BCUT2D eigenvalue weighted by Gasteiger charge is 2.21. The largest absolute Gasteiger partial charge is 0.355 e. The summed E-state index contributed by atoms with van der Waals surface area (Å²) in [6.07, 6.45) is 0. The fraction of sp³-hybridized carbons (Fsp3) is 0.353. The van der Waals surface area contributed by atoms with Crippen LogP contribution in [0.3, 0.4) is 0 Å². The number of nitrogens with one attached hydrogen (secondary N) is 1. The van der Waals surface area contributed by atoms with Crippen LogP contribution in [-0.4, -0.2) is 27.3 Å². The van der Waals surface area contributed by atoms with Gasteiger partial charge in [-0.1, -0.05) is 17.8 Å². The van der Waals surface area contributed by atoms with Gasteiger partial charge >= 0.3 is 0 Å². The van der Waals surface area contributed by atoms with Crippen LogP contribution in [0.5, 0.6) is 0 Å². The van der Waals surface area contributed by atoms with Gasteiger partial charge in [-0.3, -0.25) is 14.2 Å². The molecule has 0 bridgehead atoms. The van der Waals surface area contributed by atoms with E-state index in [1.165, 1.54) is 23.1 Å². The number of carbonyl (C=O) groups is 1. The number of fused-ring (bicyclic) bond motifs is 1. The number of amides is 1.